The molecule has 0 aliphatic rings. The lowest BCUT2D eigenvalue weighted by Gasteiger charge is -2.07. The second-order valence-corrected chi connectivity index (χ2v) is 7.22. The minimum absolute atomic E-state index is 0.0555. The first-order chi connectivity index (χ1) is 13.7. The van der Waals surface area contributed by atoms with Crippen LogP contribution in [-0.2, 0) is 11.2 Å². The molecule has 1 N–H and O–H groups in total. The van der Waals surface area contributed by atoms with Crippen molar-refractivity contribution in [3.05, 3.63) is 70.7 Å². The van der Waals surface area contributed by atoms with E-state index in [9.17, 15) is 9.59 Å². The third kappa shape index (κ3) is 5.47. The van der Waals surface area contributed by atoms with E-state index in [1.807, 2.05) is 18.2 Å². The number of nitrogens with one attached hydrogen (secondary N) is 1. The number of hydrogen-bond donors (Lipinski definition) is 1. The minimum Gasteiger partial charge on any atom is -0.484 e. The molecular formula is C21H21N3O3S. The number of rotatable bonds is 9. The first-order valence-electron chi connectivity index (χ1n) is 9.10. The summed E-state index contributed by atoms with van der Waals surface area (Å²) in [7, 11) is 0. The molecule has 0 fully saturated rings. The lowest BCUT2D eigenvalue weighted by Crippen LogP contribution is -2.20. The van der Waals surface area contributed by atoms with Crippen molar-refractivity contribution in [2.75, 3.05) is 11.9 Å². The van der Waals surface area contributed by atoms with E-state index in [0.717, 1.165) is 24.3 Å². The molecule has 2 aromatic carbocycles. The SMILES string of the molecule is CCCCc1nnc(NC(=O)COc2ccc(C(=O)c3ccccc3)cc2)s1. The van der Waals surface area contributed by atoms with E-state index in [-0.39, 0.29) is 18.3 Å². The Bertz CT molecular complexity index is 924. The molecule has 7 heteroatoms. The Balaban J connectivity index is 1.50. The normalized spacial score (nSPS) is 10.5. The summed E-state index contributed by atoms with van der Waals surface area (Å²) in [5.41, 5.74) is 1.20. The van der Waals surface area contributed by atoms with Gasteiger partial charge in [0.15, 0.2) is 12.4 Å². The molecule has 28 heavy (non-hydrogen) atoms. The van der Waals surface area contributed by atoms with Crippen LogP contribution in [0.4, 0.5) is 5.13 Å². The summed E-state index contributed by atoms with van der Waals surface area (Å²) in [6, 6.07) is 15.8. The zero-order chi connectivity index (χ0) is 19.8. The van der Waals surface area contributed by atoms with E-state index in [2.05, 4.69) is 22.4 Å². The van der Waals surface area contributed by atoms with Gasteiger partial charge in [-0.05, 0) is 30.7 Å². The van der Waals surface area contributed by atoms with Gasteiger partial charge in [-0.3, -0.25) is 14.9 Å². The molecule has 0 saturated heterocycles. The molecule has 0 atom stereocenters. The first-order valence-corrected chi connectivity index (χ1v) is 9.92. The Kier molecular flexibility index (Phi) is 6.86. The highest BCUT2D eigenvalue weighted by Gasteiger charge is 2.11. The summed E-state index contributed by atoms with van der Waals surface area (Å²) in [6.45, 7) is 1.97. The number of aryl methyl sites for hydroxylation is 1. The third-order valence-electron chi connectivity index (χ3n) is 3.98. The highest BCUT2D eigenvalue weighted by molar-refractivity contribution is 7.15. The average Bonchev–Trinajstić information content (AvgIpc) is 3.18. The number of amides is 1. The van der Waals surface area contributed by atoms with E-state index in [1.54, 1.807) is 36.4 Å². The lowest BCUT2D eigenvalue weighted by atomic mass is 10.0. The van der Waals surface area contributed by atoms with Crippen LogP contribution in [0.1, 0.15) is 40.7 Å². The fourth-order valence-electron chi connectivity index (χ4n) is 2.50. The number of carbonyl (C=O) groups is 2. The Morgan fingerprint density at radius 1 is 1.00 bits per heavy atom. The highest BCUT2D eigenvalue weighted by atomic mass is 32.1. The van der Waals surface area contributed by atoms with Crippen LogP contribution in [0.5, 0.6) is 5.75 Å². The molecular weight excluding hydrogens is 374 g/mol. The van der Waals surface area contributed by atoms with E-state index in [1.165, 1.54) is 11.3 Å². The van der Waals surface area contributed by atoms with E-state index in [4.69, 9.17) is 4.74 Å². The number of unbranched alkanes of at least 4 members (excludes halogenated alkanes) is 1. The monoisotopic (exact) mass is 395 g/mol. The number of benzene rings is 2. The van der Waals surface area contributed by atoms with Gasteiger partial charge in [0.1, 0.15) is 10.8 Å². The van der Waals surface area contributed by atoms with Crippen LogP contribution in [0.3, 0.4) is 0 Å². The van der Waals surface area contributed by atoms with Crippen LogP contribution in [0.15, 0.2) is 54.6 Å². The van der Waals surface area contributed by atoms with Crippen LogP contribution in [0.2, 0.25) is 0 Å². The van der Waals surface area contributed by atoms with Crippen molar-refractivity contribution in [3.8, 4) is 5.75 Å². The molecule has 1 amide bonds. The zero-order valence-electron chi connectivity index (χ0n) is 15.6. The lowest BCUT2D eigenvalue weighted by molar-refractivity contribution is -0.118. The van der Waals surface area contributed by atoms with Gasteiger partial charge in [0.05, 0.1) is 0 Å². The van der Waals surface area contributed by atoms with Crippen molar-refractivity contribution in [2.45, 2.75) is 26.2 Å². The summed E-state index contributed by atoms with van der Waals surface area (Å²) in [4.78, 5) is 24.4. The second kappa shape index (κ2) is 9.75. The van der Waals surface area contributed by atoms with Gasteiger partial charge in [0.2, 0.25) is 5.13 Å². The van der Waals surface area contributed by atoms with Crippen molar-refractivity contribution >= 4 is 28.2 Å². The van der Waals surface area contributed by atoms with Gasteiger partial charge >= 0.3 is 0 Å². The number of aromatic nitrogens is 2. The molecule has 0 spiro atoms. The minimum atomic E-state index is -0.303. The summed E-state index contributed by atoms with van der Waals surface area (Å²) in [5, 5.41) is 12.1. The average molecular weight is 395 g/mol. The Labute approximate surface area is 167 Å². The predicted molar refractivity (Wildman–Crippen MR) is 109 cm³/mol. The molecule has 0 saturated carbocycles. The van der Waals surface area contributed by atoms with Crippen LogP contribution in [0.25, 0.3) is 0 Å². The maximum Gasteiger partial charge on any atom is 0.264 e. The molecule has 1 heterocycles. The molecule has 0 radical (unpaired) electrons. The quantitative estimate of drug-likeness (QED) is 0.551. The third-order valence-corrected chi connectivity index (χ3v) is 4.88. The topological polar surface area (TPSA) is 81.2 Å². The Morgan fingerprint density at radius 2 is 1.71 bits per heavy atom. The molecule has 0 aliphatic heterocycles. The molecule has 6 nitrogen and oxygen atoms in total. The fourth-order valence-corrected chi connectivity index (χ4v) is 3.29. The number of anilines is 1. The second-order valence-electron chi connectivity index (χ2n) is 6.16. The molecule has 0 aliphatic carbocycles. The van der Waals surface area contributed by atoms with Gasteiger partial charge in [-0.2, -0.15) is 0 Å². The molecule has 0 unspecified atom stereocenters. The first kappa shape index (κ1) is 19.7. The van der Waals surface area contributed by atoms with Crippen LogP contribution >= 0.6 is 11.3 Å². The van der Waals surface area contributed by atoms with E-state index >= 15 is 0 Å². The summed E-state index contributed by atoms with van der Waals surface area (Å²) in [5.74, 6) is 0.156. The number of ketones is 1. The van der Waals surface area contributed by atoms with Gasteiger partial charge in [-0.25, -0.2) is 0 Å². The number of carbonyl (C=O) groups excluding carboxylic acids is 2. The molecule has 144 valence electrons. The summed E-state index contributed by atoms with van der Waals surface area (Å²) >= 11 is 1.38. The maximum absolute atomic E-state index is 12.4. The summed E-state index contributed by atoms with van der Waals surface area (Å²) < 4.78 is 5.49. The van der Waals surface area contributed by atoms with Crippen LogP contribution < -0.4 is 10.1 Å². The smallest absolute Gasteiger partial charge is 0.264 e. The molecule has 3 rings (SSSR count). The fraction of sp³-hybridized carbons (Fsp3) is 0.238. The maximum atomic E-state index is 12.4. The van der Waals surface area contributed by atoms with Crippen molar-refractivity contribution in [1.82, 2.24) is 10.2 Å². The highest BCUT2D eigenvalue weighted by Crippen LogP contribution is 2.18. The molecule has 1 aromatic heterocycles. The van der Waals surface area contributed by atoms with E-state index < -0.39 is 0 Å². The van der Waals surface area contributed by atoms with Gasteiger partial charge in [-0.1, -0.05) is 55.0 Å². The zero-order valence-corrected chi connectivity index (χ0v) is 16.4. The standard InChI is InChI=1S/C21H21N3O3S/c1-2-3-9-19-23-24-21(28-19)22-18(25)14-27-17-12-10-16(11-13-17)20(26)15-7-5-4-6-8-15/h4-8,10-13H,2-3,9,14H2,1H3,(H,22,24,25). The van der Waals surface area contributed by atoms with Crippen molar-refractivity contribution in [3.63, 3.8) is 0 Å². The number of ether oxygens (including phenoxy) is 1. The van der Waals surface area contributed by atoms with Crippen molar-refractivity contribution in [2.24, 2.45) is 0 Å². The van der Waals surface area contributed by atoms with Crippen molar-refractivity contribution < 1.29 is 14.3 Å². The Morgan fingerprint density at radius 3 is 2.43 bits per heavy atom. The molecule has 3 aromatic rings. The summed E-state index contributed by atoms with van der Waals surface area (Å²) in [6.07, 6.45) is 3.01. The van der Waals surface area contributed by atoms with Gasteiger partial charge < -0.3 is 4.74 Å². The van der Waals surface area contributed by atoms with Gasteiger partial charge in [0, 0.05) is 17.5 Å². The number of nitrogens with zero attached hydrogens (tertiary/aromatic N) is 2. The molecule has 0 bridgehead atoms. The largest absolute Gasteiger partial charge is 0.484 e. The predicted octanol–water partition coefficient (Wildman–Crippen LogP) is 4.13. The van der Waals surface area contributed by atoms with Crippen LogP contribution in [-0.4, -0.2) is 28.5 Å². The van der Waals surface area contributed by atoms with E-state index in [0.29, 0.717) is 22.0 Å². The van der Waals surface area contributed by atoms with Crippen LogP contribution in [0, 0.1) is 0 Å². The Hall–Kier alpha value is -3.06. The van der Waals surface area contributed by atoms with Gasteiger partial charge in [0.25, 0.3) is 5.91 Å². The van der Waals surface area contributed by atoms with Gasteiger partial charge in [-0.15, -0.1) is 10.2 Å². The van der Waals surface area contributed by atoms with Crippen molar-refractivity contribution in [1.29, 1.82) is 0 Å². The number of hydrogen-bond acceptors (Lipinski definition) is 6.